The SMILES string of the molecule is Cn1ncc2c(NCc3ccccc3-n3ccnc3)nc(-c3ccncc3)nc21. The summed E-state index contributed by atoms with van der Waals surface area (Å²) in [6.07, 6.45) is 10.8. The molecule has 1 N–H and O–H groups in total. The Bertz CT molecular complexity index is 1260. The topological polar surface area (TPSA) is 86.3 Å². The van der Waals surface area contributed by atoms with Gasteiger partial charge in [0.1, 0.15) is 5.82 Å². The second-order valence-electron chi connectivity index (χ2n) is 6.59. The van der Waals surface area contributed by atoms with E-state index in [0.717, 1.165) is 33.7 Å². The van der Waals surface area contributed by atoms with Crippen molar-refractivity contribution in [3.8, 4) is 17.1 Å². The Morgan fingerprint density at radius 2 is 1.83 bits per heavy atom. The standard InChI is InChI=1S/C21H18N8/c1-28-21-17(13-25-28)20(26-19(27-21)15-6-8-22-9-7-15)24-12-16-4-2-3-5-18(16)29-11-10-23-14-29/h2-11,13-14H,12H2,1H3,(H,24,26,27). The maximum absolute atomic E-state index is 4.77. The number of aromatic nitrogens is 7. The minimum Gasteiger partial charge on any atom is -0.365 e. The smallest absolute Gasteiger partial charge is 0.164 e. The van der Waals surface area contributed by atoms with Crippen LogP contribution in [0.15, 0.2) is 73.7 Å². The molecule has 5 aromatic rings. The van der Waals surface area contributed by atoms with Crippen molar-refractivity contribution in [1.29, 1.82) is 0 Å². The lowest BCUT2D eigenvalue weighted by atomic mass is 10.1. The van der Waals surface area contributed by atoms with Crippen LogP contribution in [-0.4, -0.2) is 34.3 Å². The molecule has 142 valence electrons. The van der Waals surface area contributed by atoms with Crippen LogP contribution in [0.1, 0.15) is 5.56 Å². The lowest BCUT2D eigenvalue weighted by molar-refractivity contribution is 0.786. The van der Waals surface area contributed by atoms with Gasteiger partial charge in [-0.15, -0.1) is 0 Å². The molecule has 0 saturated carbocycles. The molecule has 8 heteroatoms. The molecule has 0 aliphatic carbocycles. The zero-order valence-corrected chi connectivity index (χ0v) is 15.8. The third-order valence-corrected chi connectivity index (χ3v) is 4.75. The predicted molar refractivity (Wildman–Crippen MR) is 110 cm³/mol. The number of anilines is 1. The van der Waals surface area contributed by atoms with Crippen LogP contribution in [0, 0.1) is 0 Å². The van der Waals surface area contributed by atoms with Crippen molar-refractivity contribution in [2.45, 2.75) is 6.54 Å². The van der Waals surface area contributed by atoms with E-state index in [1.54, 1.807) is 35.8 Å². The molecule has 8 nitrogen and oxygen atoms in total. The molecule has 4 aromatic heterocycles. The molecule has 0 bridgehead atoms. The maximum atomic E-state index is 4.77. The van der Waals surface area contributed by atoms with Gasteiger partial charge in [-0.3, -0.25) is 9.67 Å². The normalized spacial score (nSPS) is 11.1. The van der Waals surface area contributed by atoms with Gasteiger partial charge >= 0.3 is 0 Å². The summed E-state index contributed by atoms with van der Waals surface area (Å²) in [7, 11) is 1.88. The number of benzene rings is 1. The van der Waals surface area contributed by atoms with E-state index < -0.39 is 0 Å². The first-order chi connectivity index (χ1) is 14.3. The van der Waals surface area contributed by atoms with Gasteiger partial charge in [0.05, 0.1) is 23.6 Å². The zero-order chi connectivity index (χ0) is 19.6. The number of pyridine rings is 1. The highest BCUT2D eigenvalue weighted by Gasteiger charge is 2.13. The highest BCUT2D eigenvalue weighted by Crippen LogP contribution is 2.25. The average Bonchev–Trinajstić information content (AvgIpc) is 3.43. The maximum Gasteiger partial charge on any atom is 0.164 e. The van der Waals surface area contributed by atoms with Gasteiger partial charge in [0.25, 0.3) is 0 Å². The Morgan fingerprint density at radius 1 is 0.966 bits per heavy atom. The summed E-state index contributed by atoms with van der Waals surface area (Å²) in [5.74, 6) is 1.38. The number of para-hydroxylation sites is 1. The number of hydrogen-bond donors (Lipinski definition) is 1. The molecule has 0 unspecified atom stereocenters. The van der Waals surface area contributed by atoms with Crippen LogP contribution in [0.25, 0.3) is 28.1 Å². The number of fused-ring (bicyclic) bond motifs is 1. The Kier molecular flexibility index (Phi) is 4.21. The van der Waals surface area contributed by atoms with Gasteiger partial charge in [-0.05, 0) is 23.8 Å². The Hall–Kier alpha value is -4.07. The first-order valence-corrected chi connectivity index (χ1v) is 9.20. The molecule has 0 aliphatic rings. The molecule has 0 atom stereocenters. The molecule has 0 aliphatic heterocycles. The molecule has 0 fully saturated rings. The van der Waals surface area contributed by atoms with E-state index in [4.69, 9.17) is 4.98 Å². The highest BCUT2D eigenvalue weighted by atomic mass is 15.3. The number of imidazole rings is 1. The highest BCUT2D eigenvalue weighted by molar-refractivity contribution is 5.88. The van der Waals surface area contributed by atoms with Crippen molar-refractivity contribution < 1.29 is 0 Å². The average molecular weight is 382 g/mol. The Balaban J connectivity index is 1.53. The van der Waals surface area contributed by atoms with Crippen molar-refractivity contribution in [2.75, 3.05) is 5.32 Å². The van der Waals surface area contributed by atoms with Gasteiger partial charge < -0.3 is 9.88 Å². The van der Waals surface area contributed by atoms with Crippen LogP contribution in [-0.2, 0) is 13.6 Å². The number of rotatable bonds is 5. The van der Waals surface area contributed by atoms with Crippen molar-refractivity contribution in [2.24, 2.45) is 7.05 Å². The fraction of sp³-hybridized carbons (Fsp3) is 0.0952. The fourth-order valence-corrected chi connectivity index (χ4v) is 3.28. The summed E-state index contributed by atoms with van der Waals surface area (Å²) >= 11 is 0. The molecule has 29 heavy (non-hydrogen) atoms. The number of aryl methyl sites for hydroxylation is 1. The van der Waals surface area contributed by atoms with Crippen molar-refractivity contribution in [3.63, 3.8) is 0 Å². The van der Waals surface area contributed by atoms with E-state index >= 15 is 0 Å². The first kappa shape index (κ1) is 17.1. The van der Waals surface area contributed by atoms with Gasteiger partial charge in [-0.2, -0.15) is 5.10 Å². The second-order valence-corrected chi connectivity index (χ2v) is 6.59. The quantitative estimate of drug-likeness (QED) is 0.502. The number of nitrogens with zero attached hydrogens (tertiary/aromatic N) is 7. The monoisotopic (exact) mass is 382 g/mol. The molecular formula is C21H18N8. The summed E-state index contributed by atoms with van der Waals surface area (Å²) in [6, 6.07) is 12.0. The van der Waals surface area contributed by atoms with Crippen LogP contribution in [0.5, 0.6) is 0 Å². The van der Waals surface area contributed by atoms with Crippen LogP contribution in [0.4, 0.5) is 5.82 Å². The van der Waals surface area contributed by atoms with Crippen LogP contribution in [0.3, 0.4) is 0 Å². The van der Waals surface area contributed by atoms with E-state index in [2.05, 4.69) is 37.5 Å². The minimum absolute atomic E-state index is 0.602. The lowest BCUT2D eigenvalue weighted by Gasteiger charge is -2.13. The number of nitrogens with one attached hydrogen (secondary N) is 1. The predicted octanol–water partition coefficient (Wildman–Crippen LogP) is 3.22. The zero-order valence-electron chi connectivity index (χ0n) is 15.8. The second kappa shape index (κ2) is 7.16. The van der Waals surface area contributed by atoms with Crippen molar-refractivity contribution in [3.05, 3.63) is 79.3 Å². The summed E-state index contributed by atoms with van der Waals surface area (Å²) < 4.78 is 3.76. The Labute approximate surface area is 166 Å². The molecule has 0 spiro atoms. The van der Waals surface area contributed by atoms with Crippen LogP contribution in [0.2, 0.25) is 0 Å². The van der Waals surface area contributed by atoms with Gasteiger partial charge in [0.15, 0.2) is 11.5 Å². The van der Waals surface area contributed by atoms with E-state index in [1.807, 2.05) is 42.1 Å². The summed E-state index contributed by atoms with van der Waals surface area (Å²) in [4.78, 5) is 17.7. The summed E-state index contributed by atoms with van der Waals surface area (Å²) in [6.45, 7) is 0.602. The van der Waals surface area contributed by atoms with E-state index in [-0.39, 0.29) is 0 Å². The molecule has 0 radical (unpaired) electrons. The molecule has 0 amide bonds. The molecule has 5 rings (SSSR count). The summed E-state index contributed by atoms with van der Waals surface area (Å²) in [5, 5.41) is 8.71. The summed E-state index contributed by atoms with van der Waals surface area (Å²) in [5.41, 5.74) is 3.89. The lowest BCUT2D eigenvalue weighted by Crippen LogP contribution is -2.07. The van der Waals surface area contributed by atoms with Gasteiger partial charge in [-0.25, -0.2) is 15.0 Å². The largest absolute Gasteiger partial charge is 0.365 e. The number of hydrogen-bond acceptors (Lipinski definition) is 6. The third-order valence-electron chi connectivity index (χ3n) is 4.75. The van der Waals surface area contributed by atoms with E-state index in [0.29, 0.717) is 12.4 Å². The minimum atomic E-state index is 0.602. The fourth-order valence-electron chi connectivity index (χ4n) is 3.28. The van der Waals surface area contributed by atoms with E-state index in [1.165, 1.54) is 0 Å². The van der Waals surface area contributed by atoms with Crippen LogP contribution >= 0.6 is 0 Å². The van der Waals surface area contributed by atoms with Gasteiger partial charge in [0.2, 0.25) is 0 Å². The molecule has 1 aromatic carbocycles. The van der Waals surface area contributed by atoms with Gasteiger partial charge in [0, 0.05) is 43.9 Å². The van der Waals surface area contributed by atoms with Crippen molar-refractivity contribution >= 4 is 16.9 Å². The van der Waals surface area contributed by atoms with Crippen molar-refractivity contribution in [1.82, 2.24) is 34.3 Å². The Morgan fingerprint density at radius 3 is 2.66 bits per heavy atom. The molecule has 0 saturated heterocycles. The van der Waals surface area contributed by atoms with Crippen LogP contribution < -0.4 is 5.32 Å². The van der Waals surface area contributed by atoms with Gasteiger partial charge in [-0.1, -0.05) is 18.2 Å². The molecule has 4 heterocycles. The third kappa shape index (κ3) is 3.20. The first-order valence-electron chi connectivity index (χ1n) is 9.20. The van der Waals surface area contributed by atoms with E-state index in [9.17, 15) is 0 Å². The molecular weight excluding hydrogens is 364 g/mol.